The smallest absolute Gasteiger partial charge is 0.222 e. The number of hydrogen-bond donors (Lipinski definition) is 0. The predicted molar refractivity (Wildman–Crippen MR) is 55.4 cm³/mol. The normalized spacial score (nSPS) is 19.5. The number of nitrogens with zero attached hydrogens (tertiary/aromatic N) is 1. The SMILES string of the molecule is O=C1CCCN1CC(Cl)CCCCl. The first-order chi connectivity index (χ1) is 6.24. The first-order valence-electron chi connectivity index (χ1n) is 4.72. The molecule has 4 heteroatoms. The molecule has 0 radical (unpaired) electrons. The highest BCUT2D eigenvalue weighted by Gasteiger charge is 2.21. The Labute approximate surface area is 89.2 Å². The van der Waals surface area contributed by atoms with Crippen molar-refractivity contribution in [1.29, 1.82) is 0 Å². The van der Waals surface area contributed by atoms with Gasteiger partial charge in [-0.2, -0.15) is 0 Å². The maximum atomic E-state index is 11.2. The predicted octanol–water partition coefficient (Wildman–Crippen LogP) is 2.24. The van der Waals surface area contributed by atoms with Crippen LogP contribution in [0.3, 0.4) is 0 Å². The molecule has 0 bridgehead atoms. The average Bonchev–Trinajstić information content (AvgIpc) is 2.48. The summed E-state index contributed by atoms with van der Waals surface area (Å²) in [6.45, 7) is 1.57. The topological polar surface area (TPSA) is 20.3 Å². The quantitative estimate of drug-likeness (QED) is 0.656. The van der Waals surface area contributed by atoms with Gasteiger partial charge in [-0.3, -0.25) is 4.79 Å². The highest BCUT2D eigenvalue weighted by Crippen LogP contribution is 2.14. The van der Waals surface area contributed by atoms with Gasteiger partial charge in [0, 0.05) is 25.4 Å². The van der Waals surface area contributed by atoms with Gasteiger partial charge in [-0.1, -0.05) is 0 Å². The number of rotatable bonds is 5. The van der Waals surface area contributed by atoms with E-state index in [2.05, 4.69) is 0 Å². The van der Waals surface area contributed by atoms with E-state index in [4.69, 9.17) is 23.2 Å². The number of hydrogen-bond acceptors (Lipinski definition) is 1. The fourth-order valence-corrected chi connectivity index (χ4v) is 2.00. The largest absolute Gasteiger partial charge is 0.341 e. The summed E-state index contributed by atoms with van der Waals surface area (Å²) in [4.78, 5) is 13.1. The van der Waals surface area contributed by atoms with E-state index < -0.39 is 0 Å². The van der Waals surface area contributed by atoms with Crippen LogP contribution >= 0.6 is 23.2 Å². The van der Waals surface area contributed by atoms with Crippen LogP contribution in [0, 0.1) is 0 Å². The summed E-state index contributed by atoms with van der Waals surface area (Å²) in [5, 5.41) is 0.0702. The van der Waals surface area contributed by atoms with Crippen molar-refractivity contribution in [3.63, 3.8) is 0 Å². The third-order valence-electron chi connectivity index (χ3n) is 2.24. The van der Waals surface area contributed by atoms with Crippen LogP contribution in [0.2, 0.25) is 0 Å². The van der Waals surface area contributed by atoms with Gasteiger partial charge >= 0.3 is 0 Å². The van der Waals surface area contributed by atoms with Crippen LogP contribution < -0.4 is 0 Å². The minimum Gasteiger partial charge on any atom is -0.341 e. The standard InChI is InChI=1S/C9H15Cl2NO/c10-5-1-3-8(11)7-12-6-2-4-9(12)13/h8H,1-7H2. The molecule has 1 amide bonds. The van der Waals surface area contributed by atoms with Crippen LogP contribution in [0.4, 0.5) is 0 Å². The van der Waals surface area contributed by atoms with Crippen LogP contribution in [0.5, 0.6) is 0 Å². The second-order valence-corrected chi connectivity index (χ2v) is 4.37. The lowest BCUT2D eigenvalue weighted by Gasteiger charge is -2.18. The van der Waals surface area contributed by atoms with Gasteiger partial charge in [0.15, 0.2) is 0 Å². The molecule has 1 heterocycles. The summed E-state index contributed by atoms with van der Waals surface area (Å²) >= 11 is 11.6. The summed E-state index contributed by atoms with van der Waals surface area (Å²) in [5.41, 5.74) is 0. The van der Waals surface area contributed by atoms with Crippen molar-refractivity contribution in [2.75, 3.05) is 19.0 Å². The molecule has 0 saturated carbocycles. The van der Waals surface area contributed by atoms with Crippen molar-refractivity contribution in [2.24, 2.45) is 0 Å². The third kappa shape index (κ3) is 3.74. The Hall–Kier alpha value is 0.0500. The second kappa shape index (κ2) is 5.71. The molecule has 1 unspecified atom stereocenters. The van der Waals surface area contributed by atoms with Crippen molar-refractivity contribution in [1.82, 2.24) is 4.90 Å². The summed E-state index contributed by atoms with van der Waals surface area (Å²) < 4.78 is 0. The van der Waals surface area contributed by atoms with Crippen LogP contribution in [0.25, 0.3) is 0 Å². The molecule has 0 aromatic carbocycles. The van der Waals surface area contributed by atoms with Crippen molar-refractivity contribution in [3.05, 3.63) is 0 Å². The van der Waals surface area contributed by atoms with E-state index in [9.17, 15) is 4.79 Å². The van der Waals surface area contributed by atoms with Crippen LogP contribution in [-0.4, -0.2) is 35.2 Å². The Bertz CT molecular complexity index is 175. The molecule has 1 rings (SSSR count). The molecule has 1 aliphatic rings. The average molecular weight is 224 g/mol. The second-order valence-electron chi connectivity index (χ2n) is 3.37. The molecule has 2 nitrogen and oxygen atoms in total. The lowest BCUT2D eigenvalue weighted by Crippen LogP contribution is -2.31. The van der Waals surface area contributed by atoms with Gasteiger partial charge in [0.05, 0.1) is 5.38 Å². The van der Waals surface area contributed by atoms with E-state index in [0.717, 1.165) is 25.8 Å². The molecule has 0 N–H and O–H groups in total. The lowest BCUT2D eigenvalue weighted by molar-refractivity contribution is -0.127. The number of likely N-dealkylation sites (tertiary alicyclic amines) is 1. The van der Waals surface area contributed by atoms with E-state index >= 15 is 0 Å². The Kier molecular flexibility index (Phi) is 4.89. The molecule has 0 aromatic rings. The van der Waals surface area contributed by atoms with E-state index in [1.165, 1.54) is 0 Å². The zero-order valence-electron chi connectivity index (χ0n) is 7.64. The molecule has 0 aliphatic carbocycles. The first-order valence-corrected chi connectivity index (χ1v) is 5.69. The van der Waals surface area contributed by atoms with Gasteiger partial charge in [-0.05, 0) is 19.3 Å². The van der Waals surface area contributed by atoms with Crippen LogP contribution in [0.1, 0.15) is 25.7 Å². The monoisotopic (exact) mass is 223 g/mol. The van der Waals surface area contributed by atoms with E-state index in [1.54, 1.807) is 0 Å². The summed E-state index contributed by atoms with van der Waals surface area (Å²) in [6.07, 6.45) is 3.50. The zero-order chi connectivity index (χ0) is 9.68. The van der Waals surface area contributed by atoms with Gasteiger partial charge in [0.1, 0.15) is 0 Å². The van der Waals surface area contributed by atoms with E-state index in [-0.39, 0.29) is 11.3 Å². The number of carbonyl (C=O) groups is 1. The molecule has 0 aromatic heterocycles. The third-order valence-corrected chi connectivity index (χ3v) is 2.86. The summed E-state index contributed by atoms with van der Waals surface area (Å²) in [7, 11) is 0. The van der Waals surface area contributed by atoms with E-state index in [0.29, 0.717) is 18.8 Å². The molecule has 1 atom stereocenters. The van der Waals surface area contributed by atoms with Crippen LogP contribution in [0.15, 0.2) is 0 Å². The van der Waals surface area contributed by atoms with Gasteiger partial charge in [-0.25, -0.2) is 0 Å². The van der Waals surface area contributed by atoms with E-state index in [1.807, 2.05) is 4.90 Å². The fourth-order valence-electron chi connectivity index (χ4n) is 1.53. The number of halogens is 2. The highest BCUT2D eigenvalue weighted by molar-refractivity contribution is 6.21. The van der Waals surface area contributed by atoms with Crippen molar-refractivity contribution >= 4 is 29.1 Å². The number of alkyl halides is 2. The maximum Gasteiger partial charge on any atom is 0.222 e. The Balaban J connectivity index is 2.19. The lowest BCUT2D eigenvalue weighted by atomic mass is 10.2. The van der Waals surface area contributed by atoms with Gasteiger partial charge in [0.2, 0.25) is 5.91 Å². The molecular formula is C9H15Cl2NO. The molecule has 13 heavy (non-hydrogen) atoms. The minimum absolute atomic E-state index is 0.0702. The first kappa shape index (κ1) is 11.1. The number of carbonyl (C=O) groups excluding carboxylic acids is 1. The molecule has 1 aliphatic heterocycles. The van der Waals surface area contributed by atoms with Crippen molar-refractivity contribution < 1.29 is 4.79 Å². The van der Waals surface area contributed by atoms with Gasteiger partial charge in [0.25, 0.3) is 0 Å². The fraction of sp³-hybridized carbons (Fsp3) is 0.889. The Morgan fingerprint density at radius 2 is 2.31 bits per heavy atom. The Morgan fingerprint density at radius 3 is 2.85 bits per heavy atom. The molecule has 0 spiro atoms. The minimum atomic E-state index is 0.0702. The molecule has 76 valence electrons. The zero-order valence-corrected chi connectivity index (χ0v) is 9.15. The maximum absolute atomic E-state index is 11.2. The highest BCUT2D eigenvalue weighted by atomic mass is 35.5. The van der Waals surface area contributed by atoms with Crippen LogP contribution in [-0.2, 0) is 4.79 Å². The summed E-state index contributed by atoms with van der Waals surface area (Å²) in [5.74, 6) is 0.897. The molecule has 1 saturated heterocycles. The summed E-state index contributed by atoms with van der Waals surface area (Å²) in [6, 6.07) is 0. The Morgan fingerprint density at radius 1 is 1.54 bits per heavy atom. The van der Waals surface area contributed by atoms with Crippen molar-refractivity contribution in [3.8, 4) is 0 Å². The molecule has 1 fully saturated rings. The van der Waals surface area contributed by atoms with Crippen molar-refractivity contribution in [2.45, 2.75) is 31.1 Å². The van der Waals surface area contributed by atoms with Gasteiger partial charge in [-0.15, -0.1) is 23.2 Å². The van der Waals surface area contributed by atoms with Gasteiger partial charge < -0.3 is 4.90 Å². The number of amides is 1. The molecular weight excluding hydrogens is 209 g/mol.